The van der Waals surface area contributed by atoms with Crippen LogP contribution in [0.5, 0.6) is 0 Å². The molecule has 2 unspecified atom stereocenters. The minimum atomic E-state index is 0.339. The van der Waals surface area contributed by atoms with Gasteiger partial charge < -0.3 is 4.90 Å². The Morgan fingerprint density at radius 1 is 1.46 bits per heavy atom. The summed E-state index contributed by atoms with van der Waals surface area (Å²) in [5.74, 6) is 0.892. The van der Waals surface area contributed by atoms with Crippen molar-refractivity contribution in [3.8, 4) is 0 Å². The summed E-state index contributed by atoms with van der Waals surface area (Å²) in [4.78, 5) is 13.6. The van der Waals surface area contributed by atoms with Crippen molar-refractivity contribution in [1.82, 2.24) is 10.2 Å². The van der Waals surface area contributed by atoms with Gasteiger partial charge in [0.1, 0.15) is 0 Å². The van der Waals surface area contributed by atoms with Gasteiger partial charge in [0.25, 0.3) is 0 Å². The summed E-state index contributed by atoms with van der Waals surface area (Å²) in [6, 6.07) is 0. The van der Waals surface area contributed by atoms with Crippen LogP contribution in [0.15, 0.2) is 0 Å². The normalized spacial score (nSPS) is 35.5. The van der Waals surface area contributed by atoms with Crippen molar-refractivity contribution in [2.75, 3.05) is 13.1 Å². The van der Waals surface area contributed by atoms with Crippen LogP contribution in [0.2, 0.25) is 0 Å². The van der Waals surface area contributed by atoms with Crippen molar-refractivity contribution in [2.24, 2.45) is 5.92 Å². The number of nitrogens with one attached hydrogen (secondary N) is 1. The molecule has 2 aliphatic heterocycles. The number of rotatable bonds is 1. The second-order valence-corrected chi connectivity index (χ2v) is 4.32. The van der Waals surface area contributed by atoms with Crippen LogP contribution in [-0.4, -0.2) is 30.1 Å². The largest absolute Gasteiger partial charge is 0.327 e. The highest BCUT2D eigenvalue weighted by Crippen LogP contribution is 2.22. The van der Waals surface area contributed by atoms with E-state index in [1.165, 1.54) is 12.8 Å². The summed E-state index contributed by atoms with van der Waals surface area (Å²) < 4.78 is 0. The molecule has 0 aliphatic carbocycles. The van der Waals surface area contributed by atoms with Gasteiger partial charge in [-0.05, 0) is 31.7 Å². The molecule has 0 aromatic rings. The van der Waals surface area contributed by atoms with Gasteiger partial charge in [0.2, 0.25) is 5.91 Å². The standard InChI is InChI=1S/C10H18N2O/c1-8-6-10(13)12(7-8)9-4-2-3-5-11-9/h8-9,11H,2-7H2,1H3. The predicted molar refractivity (Wildman–Crippen MR) is 51.1 cm³/mol. The highest BCUT2D eigenvalue weighted by molar-refractivity contribution is 5.78. The Labute approximate surface area is 79.5 Å². The third kappa shape index (κ3) is 1.85. The average Bonchev–Trinajstić information content (AvgIpc) is 2.47. The monoisotopic (exact) mass is 182 g/mol. The van der Waals surface area contributed by atoms with Gasteiger partial charge in [0, 0.05) is 13.0 Å². The van der Waals surface area contributed by atoms with Gasteiger partial charge in [-0.3, -0.25) is 10.1 Å². The van der Waals surface area contributed by atoms with Crippen molar-refractivity contribution >= 4 is 5.91 Å². The Kier molecular flexibility index (Phi) is 2.54. The quantitative estimate of drug-likeness (QED) is 0.655. The fourth-order valence-electron chi connectivity index (χ4n) is 2.32. The number of carbonyl (C=O) groups excluding carboxylic acids is 1. The molecule has 1 amide bonds. The van der Waals surface area contributed by atoms with E-state index in [2.05, 4.69) is 12.2 Å². The van der Waals surface area contributed by atoms with Gasteiger partial charge in [-0.25, -0.2) is 0 Å². The minimum absolute atomic E-state index is 0.339. The van der Waals surface area contributed by atoms with E-state index in [1.54, 1.807) is 0 Å². The summed E-state index contributed by atoms with van der Waals surface area (Å²) in [6.45, 7) is 4.18. The van der Waals surface area contributed by atoms with Crippen LogP contribution in [-0.2, 0) is 4.79 Å². The number of amides is 1. The second-order valence-electron chi connectivity index (χ2n) is 4.32. The van der Waals surface area contributed by atoms with Gasteiger partial charge in [-0.2, -0.15) is 0 Å². The molecule has 0 spiro atoms. The molecule has 2 heterocycles. The Morgan fingerprint density at radius 2 is 2.31 bits per heavy atom. The maximum Gasteiger partial charge on any atom is 0.224 e. The molecule has 0 saturated carbocycles. The number of hydrogen-bond acceptors (Lipinski definition) is 2. The molecule has 0 radical (unpaired) electrons. The Balaban J connectivity index is 1.95. The first-order chi connectivity index (χ1) is 6.27. The van der Waals surface area contributed by atoms with Crippen LogP contribution in [0.1, 0.15) is 32.6 Å². The van der Waals surface area contributed by atoms with Crippen LogP contribution >= 0.6 is 0 Å². The van der Waals surface area contributed by atoms with E-state index in [0.29, 0.717) is 18.0 Å². The maximum atomic E-state index is 11.6. The zero-order chi connectivity index (χ0) is 9.26. The molecule has 0 aromatic carbocycles. The summed E-state index contributed by atoms with van der Waals surface area (Å²) in [6.07, 6.45) is 4.74. The molecule has 74 valence electrons. The van der Waals surface area contributed by atoms with E-state index in [0.717, 1.165) is 25.9 Å². The lowest BCUT2D eigenvalue weighted by Gasteiger charge is -2.32. The lowest BCUT2D eigenvalue weighted by Crippen LogP contribution is -2.48. The fourth-order valence-corrected chi connectivity index (χ4v) is 2.32. The van der Waals surface area contributed by atoms with Crippen molar-refractivity contribution < 1.29 is 4.79 Å². The molecular weight excluding hydrogens is 164 g/mol. The first-order valence-corrected chi connectivity index (χ1v) is 5.30. The van der Waals surface area contributed by atoms with Gasteiger partial charge in [-0.1, -0.05) is 6.92 Å². The van der Waals surface area contributed by atoms with E-state index in [4.69, 9.17) is 0 Å². The molecule has 3 heteroatoms. The topological polar surface area (TPSA) is 32.3 Å². The number of nitrogens with zero attached hydrogens (tertiary/aromatic N) is 1. The molecule has 1 N–H and O–H groups in total. The predicted octanol–water partition coefficient (Wildman–Crippen LogP) is 0.954. The summed E-state index contributed by atoms with van der Waals surface area (Å²) in [5.41, 5.74) is 0. The van der Waals surface area contributed by atoms with Crippen LogP contribution in [0, 0.1) is 5.92 Å². The zero-order valence-corrected chi connectivity index (χ0v) is 8.25. The molecule has 0 bridgehead atoms. The van der Waals surface area contributed by atoms with E-state index in [1.807, 2.05) is 4.90 Å². The second kappa shape index (κ2) is 3.66. The van der Waals surface area contributed by atoms with E-state index in [9.17, 15) is 4.79 Å². The van der Waals surface area contributed by atoms with Gasteiger partial charge in [-0.15, -0.1) is 0 Å². The summed E-state index contributed by atoms with van der Waals surface area (Å²) in [5, 5.41) is 3.42. The van der Waals surface area contributed by atoms with Crippen molar-refractivity contribution in [3.05, 3.63) is 0 Å². The minimum Gasteiger partial charge on any atom is -0.327 e. The number of likely N-dealkylation sites (tertiary alicyclic amines) is 1. The Hall–Kier alpha value is -0.570. The smallest absolute Gasteiger partial charge is 0.224 e. The van der Waals surface area contributed by atoms with E-state index >= 15 is 0 Å². The summed E-state index contributed by atoms with van der Waals surface area (Å²) in [7, 11) is 0. The molecule has 0 aromatic heterocycles. The van der Waals surface area contributed by atoms with Crippen molar-refractivity contribution in [3.63, 3.8) is 0 Å². The van der Waals surface area contributed by atoms with Crippen LogP contribution in [0.25, 0.3) is 0 Å². The molecule has 13 heavy (non-hydrogen) atoms. The SMILES string of the molecule is CC1CC(=O)N(C2CCCCN2)C1. The average molecular weight is 182 g/mol. The molecular formula is C10H18N2O. The first kappa shape index (κ1) is 9.00. The van der Waals surface area contributed by atoms with E-state index in [-0.39, 0.29) is 0 Å². The van der Waals surface area contributed by atoms with Crippen LogP contribution in [0.3, 0.4) is 0 Å². The van der Waals surface area contributed by atoms with Gasteiger partial charge in [0.05, 0.1) is 6.17 Å². The van der Waals surface area contributed by atoms with Gasteiger partial charge >= 0.3 is 0 Å². The fraction of sp³-hybridized carbons (Fsp3) is 0.900. The first-order valence-electron chi connectivity index (χ1n) is 5.30. The molecule has 2 saturated heterocycles. The van der Waals surface area contributed by atoms with Crippen molar-refractivity contribution in [1.29, 1.82) is 0 Å². The molecule has 2 atom stereocenters. The zero-order valence-electron chi connectivity index (χ0n) is 8.25. The third-order valence-corrected chi connectivity index (χ3v) is 3.01. The Morgan fingerprint density at radius 3 is 2.85 bits per heavy atom. The summed E-state index contributed by atoms with van der Waals surface area (Å²) >= 11 is 0. The molecule has 2 aliphatic rings. The van der Waals surface area contributed by atoms with Crippen molar-refractivity contribution in [2.45, 2.75) is 38.8 Å². The lowest BCUT2D eigenvalue weighted by molar-refractivity contribution is -0.130. The maximum absolute atomic E-state index is 11.6. The molecule has 2 fully saturated rings. The Bertz CT molecular complexity index is 199. The highest BCUT2D eigenvalue weighted by Gasteiger charge is 2.32. The lowest BCUT2D eigenvalue weighted by atomic mass is 10.1. The number of carbonyl (C=O) groups is 1. The third-order valence-electron chi connectivity index (χ3n) is 3.01. The van der Waals surface area contributed by atoms with Crippen LogP contribution in [0.4, 0.5) is 0 Å². The van der Waals surface area contributed by atoms with Gasteiger partial charge in [0.15, 0.2) is 0 Å². The molecule has 3 nitrogen and oxygen atoms in total. The molecule has 2 rings (SSSR count). The van der Waals surface area contributed by atoms with E-state index < -0.39 is 0 Å². The number of piperidine rings is 1. The highest BCUT2D eigenvalue weighted by atomic mass is 16.2. The van der Waals surface area contributed by atoms with Crippen LogP contribution < -0.4 is 5.32 Å². The number of hydrogen-bond donors (Lipinski definition) is 1.